The van der Waals surface area contributed by atoms with Gasteiger partial charge in [0.2, 0.25) is 0 Å². The van der Waals surface area contributed by atoms with Crippen molar-refractivity contribution in [3.8, 4) is 22.3 Å². The lowest BCUT2D eigenvalue weighted by atomic mass is 9.92. The van der Waals surface area contributed by atoms with Gasteiger partial charge in [-0.25, -0.2) is 0 Å². The molecule has 0 saturated heterocycles. The van der Waals surface area contributed by atoms with E-state index < -0.39 is 0 Å². The Morgan fingerprint density at radius 1 is 0.875 bits per heavy atom. The van der Waals surface area contributed by atoms with Crippen molar-refractivity contribution < 1.29 is 0 Å². The minimum Gasteiger partial charge on any atom is -0.384 e. The van der Waals surface area contributed by atoms with Gasteiger partial charge in [-0.15, -0.1) is 24.0 Å². The molecule has 1 aliphatic heterocycles. The molecule has 56 heavy (non-hydrogen) atoms. The fourth-order valence-electron chi connectivity index (χ4n) is 7.77. The van der Waals surface area contributed by atoms with Crippen molar-refractivity contribution in [1.82, 2.24) is 5.32 Å². The van der Waals surface area contributed by atoms with Crippen LogP contribution in [0.15, 0.2) is 138 Å². The summed E-state index contributed by atoms with van der Waals surface area (Å²) in [7, 11) is 0. The van der Waals surface area contributed by atoms with E-state index in [-0.39, 0.29) is 0 Å². The van der Waals surface area contributed by atoms with Crippen molar-refractivity contribution in [2.75, 3.05) is 6.54 Å². The molecule has 284 valence electrons. The summed E-state index contributed by atoms with van der Waals surface area (Å²) in [5, 5.41) is 4.82. The summed E-state index contributed by atoms with van der Waals surface area (Å²) in [6.07, 6.45) is 19.6. The van der Waals surface area contributed by atoms with Crippen LogP contribution in [0.25, 0.3) is 57.3 Å². The van der Waals surface area contributed by atoms with Crippen molar-refractivity contribution in [2.45, 2.75) is 72.1 Å². The highest BCUT2D eigenvalue weighted by atomic mass is 32.1. The van der Waals surface area contributed by atoms with Gasteiger partial charge in [-0.3, -0.25) is 0 Å². The summed E-state index contributed by atoms with van der Waals surface area (Å²) < 4.78 is 1.25. The first-order valence-corrected chi connectivity index (χ1v) is 21.3. The number of fused-ring (bicyclic) bond motifs is 1. The van der Waals surface area contributed by atoms with E-state index >= 15 is 0 Å². The molecule has 1 nitrogen and oxygen atoms in total. The van der Waals surface area contributed by atoms with Crippen molar-refractivity contribution in [1.29, 1.82) is 0 Å². The van der Waals surface area contributed by atoms with Crippen LogP contribution in [-0.2, 0) is 6.42 Å². The minimum atomic E-state index is 0.925. The zero-order valence-corrected chi connectivity index (χ0v) is 35.6. The number of benzene rings is 4. The first-order valence-electron chi connectivity index (χ1n) is 20.1. The Kier molecular flexibility index (Phi) is 13.5. The van der Waals surface area contributed by atoms with E-state index in [1.165, 1.54) is 71.6 Å². The van der Waals surface area contributed by atoms with Gasteiger partial charge in [0.15, 0.2) is 0 Å². The first-order chi connectivity index (χ1) is 27.3. The van der Waals surface area contributed by atoms with Crippen molar-refractivity contribution >= 4 is 59.0 Å². The Balaban J connectivity index is 0.00000262. The van der Waals surface area contributed by atoms with E-state index in [2.05, 4.69) is 174 Å². The van der Waals surface area contributed by atoms with E-state index in [4.69, 9.17) is 12.6 Å². The minimum absolute atomic E-state index is 0.925. The lowest BCUT2D eigenvalue weighted by molar-refractivity contribution is 0.844. The third-order valence-electron chi connectivity index (χ3n) is 10.7. The van der Waals surface area contributed by atoms with Crippen LogP contribution < -0.4 is 15.1 Å². The molecule has 2 aliphatic rings. The van der Waals surface area contributed by atoms with Gasteiger partial charge in [0.05, 0.1) is 0 Å². The van der Waals surface area contributed by atoms with E-state index in [1.807, 2.05) is 25.2 Å². The van der Waals surface area contributed by atoms with Crippen LogP contribution in [0.3, 0.4) is 0 Å². The first kappa shape index (κ1) is 40.6. The Morgan fingerprint density at radius 2 is 1.54 bits per heavy atom. The number of hydrogen-bond acceptors (Lipinski definition) is 3. The van der Waals surface area contributed by atoms with Gasteiger partial charge in [0.1, 0.15) is 0 Å². The van der Waals surface area contributed by atoms with Gasteiger partial charge in [-0.2, -0.15) is 0 Å². The maximum atomic E-state index is 5.03. The second kappa shape index (κ2) is 18.7. The average molecular weight is 770 g/mol. The predicted octanol–water partition coefficient (Wildman–Crippen LogP) is 13.6. The molecule has 7 rings (SSSR count). The third kappa shape index (κ3) is 8.50. The zero-order chi connectivity index (χ0) is 39.8. The highest BCUT2D eigenvalue weighted by Gasteiger charge is 2.18. The second-order valence-electron chi connectivity index (χ2n) is 14.2. The maximum absolute atomic E-state index is 5.03. The molecule has 0 spiro atoms. The van der Waals surface area contributed by atoms with Gasteiger partial charge in [-0.05, 0) is 124 Å². The van der Waals surface area contributed by atoms with Crippen molar-refractivity contribution in [2.24, 2.45) is 0 Å². The van der Waals surface area contributed by atoms with Crippen LogP contribution in [0.2, 0.25) is 0 Å². The molecule has 3 heteroatoms. The molecule has 0 amide bonds. The predicted molar refractivity (Wildman–Crippen MR) is 253 cm³/mol. The van der Waals surface area contributed by atoms with E-state index in [1.54, 1.807) is 5.57 Å². The van der Waals surface area contributed by atoms with Gasteiger partial charge in [-0.1, -0.05) is 162 Å². The normalized spacial score (nSPS) is 14.3. The maximum Gasteiger partial charge on any atom is 0.0424 e. The molecule has 0 radical (unpaired) electrons. The number of allylic oxidation sites excluding steroid dienone is 8. The van der Waals surface area contributed by atoms with Crippen LogP contribution in [0.4, 0.5) is 0 Å². The summed E-state index contributed by atoms with van der Waals surface area (Å²) in [5.41, 5.74) is 18.5. The summed E-state index contributed by atoms with van der Waals surface area (Å²) in [4.78, 5) is 2.26. The number of hydrogen-bond donors (Lipinski definition) is 2. The van der Waals surface area contributed by atoms with E-state index in [9.17, 15) is 0 Å². The number of thiophene rings is 1. The molecule has 0 atom stereocenters. The SMILES string of the molecule is C=C(/C=C\C=C(/C)c1ccc(-c2cccc(C3=C(CCC)CCN3)c2C)cc1)c1cccc(-c2ccc(C(/C=C\C)=c3\sc4c(c3=C)CC=C4)cc2)c1S.CC. The molecule has 0 bridgehead atoms. The lowest BCUT2D eigenvalue weighted by Crippen LogP contribution is -2.22. The molecule has 1 aliphatic carbocycles. The Labute approximate surface area is 345 Å². The van der Waals surface area contributed by atoms with E-state index in [0.29, 0.717) is 0 Å². The van der Waals surface area contributed by atoms with Crippen LogP contribution in [-0.4, -0.2) is 6.54 Å². The van der Waals surface area contributed by atoms with Gasteiger partial charge in [0, 0.05) is 32.1 Å². The topological polar surface area (TPSA) is 12.0 Å². The van der Waals surface area contributed by atoms with Crippen molar-refractivity contribution in [3.05, 3.63) is 182 Å². The fraction of sp³-hybridized carbons (Fsp3) is 0.208. The third-order valence-corrected chi connectivity index (χ3v) is 12.5. The largest absolute Gasteiger partial charge is 0.384 e. The van der Waals surface area contributed by atoms with Crippen LogP contribution in [0.1, 0.15) is 92.1 Å². The summed E-state index contributed by atoms with van der Waals surface area (Å²) in [6.45, 7) is 22.7. The van der Waals surface area contributed by atoms with Crippen LogP contribution in [0, 0.1) is 6.92 Å². The molecule has 0 fully saturated rings. The quantitative estimate of drug-likeness (QED) is 0.101. The fourth-order valence-corrected chi connectivity index (χ4v) is 9.44. The highest BCUT2D eigenvalue weighted by Crippen LogP contribution is 2.35. The van der Waals surface area contributed by atoms with E-state index in [0.717, 1.165) is 58.2 Å². The number of rotatable bonds is 11. The summed E-state index contributed by atoms with van der Waals surface area (Å²) >= 11 is 6.87. The Hall–Kier alpha value is -5.09. The molecule has 5 aromatic rings. The summed E-state index contributed by atoms with van der Waals surface area (Å²) in [6, 6.07) is 30.8. The number of nitrogens with one attached hydrogen (secondary N) is 1. The standard InChI is InChI=1S/C51H49NS2.C2H6/c1-7-13-41-31-32-52-49(41)45-20-11-18-43(35(45)5)38-25-23-37(24-26-38)33(3)15-9-16-34(4)42-17-10-21-46(50(42)53)39-27-29-40(30-28-39)47(14-8-2)51-36(6)44-19-12-22-48(44)54-51;1-2/h8-12,14-18,20-30,52-53H,4,6-7,13,19,31-32H2,1-3,5H3;1-2H3/b14-8-,16-9-,33-15+,51-47-;. The van der Waals surface area contributed by atoms with Gasteiger partial charge < -0.3 is 5.32 Å². The second-order valence-corrected chi connectivity index (χ2v) is 15.7. The molecule has 2 heterocycles. The average Bonchev–Trinajstić information content (AvgIpc) is 3.96. The molecule has 0 saturated carbocycles. The smallest absolute Gasteiger partial charge is 0.0424 e. The van der Waals surface area contributed by atoms with Gasteiger partial charge in [0.25, 0.3) is 0 Å². The lowest BCUT2D eigenvalue weighted by Gasteiger charge is -2.15. The summed E-state index contributed by atoms with van der Waals surface area (Å²) in [5.74, 6) is 0. The molecular weight excluding hydrogens is 715 g/mol. The zero-order valence-electron chi connectivity index (χ0n) is 33.9. The monoisotopic (exact) mass is 769 g/mol. The molecule has 1 N–H and O–H groups in total. The highest BCUT2D eigenvalue weighted by molar-refractivity contribution is 7.80. The van der Waals surface area contributed by atoms with Crippen molar-refractivity contribution in [3.63, 3.8) is 0 Å². The molecule has 0 unspecified atom stereocenters. The number of thiol groups is 1. The Morgan fingerprint density at radius 3 is 2.23 bits per heavy atom. The van der Waals surface area contributed by atoms with Crippen LogP contribution >= 0.6 is 24.0 Å². The molecular formula is C53H55NS2. The van der Waals surface area contributed by atoms with Gasteiger partial charge >= 0.3 is 0 Å². The Bertz CT molecular complexity index is 2500. The van der Waals surface area contributed by atoms with Crippen LogP contribution in [0.5, 0.6) is 0 Å². The molecule has 1 aromatic heterocycles. The molecule has 4 aromatic carbocycles.